The van der Waals surface area contributed by atoms with Gasteiger partial charge in [0.25, 0.3) is 0 Å². The first-order valence-corrected chi connectivity index (χ1v) is 11.8. The van der Waals surface area contributed by atoms with Crippen LogP contribution in [0.2, 0.25) is 0 Å². The Bertz CT molecular complexity index is 1310. The number of benzene rings is 2. The normalized spacial score (nSPS) is 13.8. The Morgan fingerprint density at radius 2 is 1.77 bits per heavy atom. The summed E-state index contributed by atoms with van der Waals surface area (Å²) in [5.41, 5.74) is 13.0. The highest BCUT2D eigenvalue weighted by Gasteiger charge is 2.27. The molecular formula is C29H30N2O4. The Morgan fingerprint density at radius 3 is 2.43 bits per heavy atom. The summed E-state index contributed by atoms with van der Waals surface area (Å²) in [4.78, 5) is 30.2. The van der Waals surface area contributed by atoms with Crippen molar-refractivity contribution in [3.63, 3.8) is 0 Å². The Morgan fingerprint density at radius 1 is 1.09 bits per heavy atom. The van der Waals surface area contributed by atoms with E-state index in [0.717, 1.165) is 34.4 Å². The molecule has 0 amide bonds. The second kappa shape index (κ2) is 10.2. The summed E-state index contributed by atoms with van der Waals surface area (Å²) in [6, 6.07) is 15.1. The fourth-order valence-corrected chi connectivity index (χ4v) is 4.37. The van der Waals surface area contributed by atoms with Crippen LogP contribution in [0, 0.1) is 19.8 Å². The molecule has 2 aromatic carbocycles. The van der Waals surface area contributed by atoms with Crippen molar-refractivity contribution < 1.29 is 19.1 Å². The van der Waals surface area contributed by atoms with Crippen LogP contribution in [-0.2, 0) is 22.4 Å². The van der Waals surface area contributed by atoms with Gasteiger partial charge in [0.2, 0.25) is 0 Å². The second-order valence-corrected chi connectivity index (χ2v) is 9.14. The lowest BCUT2D eigenvalue weighted by Crippen LogP contribution is -2.17. The summed E-state index contributed by atoms with van der Waals surface area (Å²) in [5, 5.41) is 0. The number of aromatic nitrogens is 1. The van der Waals surface area contributed by atoms with Gasteiger partial charge in [-0.15, -0.1) is 0 Å². The number of esters is 2. The lowest BCUT2D eigenvalue weighted by atomic mass is 9.90. The van der Waals surface area contributed by atoms with Gasteiger partial charge in [-0.2, -0.15) is 0 Å². The third-order valence-corrected chi connectivity index (χ3v) is 6.01. The Kier molecular flexibility index (Phi) is 7.12. The first-order valence-electron chi connectivity index (χ1n) is 11.8. The molecule has 0 aliphatic carbocycles. The molecule has 0 radical (unpaired) electrons. The average molecular weight is 471 g/mol. The summed E-state index contributed by atoms with van der Waals surface area (Å²) >= 11 is 0. The van der Waals surface area contributed by atoms with E-state index in [-0.39, 0.29) is 13.2 Å². The number of hydrogen-bond donors (Lipinski definition) is 1. The molecule has 6 heteroatoms. The minimum atomic E-state index is -0.495. The van der Waals surface area contributed by atoms with Gasteiger partial charge in [0.1, 0.15) is 12.4 Å². The highest BCUT2D eigenvalue weighted by Crippen LogP contribution is 2.33. The summed E-state index contributed by atoms with van der Waals surface area (Å²) in [6.07, 6.45) is 2.37. The molecule has 2 N–H and O–H groups in total. The molecule has 4 rings (SSSR count). The zero-order valence-electron chi connectivity index (χ0n) is 20.6. The minimum absolute atomic E-state index is 0.0474. The van der Waals surface area contributed by atoms with Crippen molar-refractivity contribution in [3.8, 4) is 11.1 Å². The molecule has 6 nitrogen and oxygen atoms in total. The Labute approximate surface area is 205 Å². The van der Waals surface area contributed by atoms with Gasteiger partial charge in [0.15, 0.2) is 0 Å². The van der Waals surface area contributed by atoms with Crippen molar-refractivity contribution in [2.45, 2.75) is 40.7 Å². The van der Waals surface area contributed by atoms with Crippen molar-refractivity contribution in [3.05, 3.63) is 93.8 Å². The first-order chi connectivity index (χ1) is 16.8. The fourth-order valence-electron chi connectivity index (χ4n) is 4.37. The lowest BCUT2D eigenvalue weighted by Gasteiger charge is -2.20. The quantitative estimate of drug-likeness (QED) is 0.466. The maximum atomic E-state index is 13.4. The van der Waals surface area contributed by atoms with E-state index in [1.807, 2.05) is 44.2 Å². The Hall–Kier alpha value is -3.77. The molecule has 0 saturated heterocycles. The molecule has 1 aromatic heterocycles. The second-order valence-electron chi connectivity index (χ2n) is 9.14. The number of cyclic esters (lactones) is 1. The molecule has 3 aromatic rings. The number of ether oxygens (including phenoxy) is 2. The molecular weight excluding hydrogens is 440 g/mol. The molecule has 0 saturated carbocycles. The van der Waals surface area contributed by atoms with Gasteiger partial charge in [-0.05, 0) is 49.5 Å². The molecule has 2 heterocycles. The highest BCUT2D eigenvalue weighted by atomic mass is 16.5. The lowest BCUT2D eigenvalue weighted by molar-refractivity contribution is 0.0548. The molecule has 0 fully saturated rings. The predicted octanol–water partition coefficient (Wildman–Crippen LogP) is 5.39. The number of rotatable bonds is 7. The van der Waals surface area contributed by atoms with Crippen molar-refractivity contribution in [2.75, 3.05) is 6.61 Å². The minimum Gasteiger partial charge on any atom is -0.458 e. The first kappa shape index (κ1) is 24.4. The van der Waals surface area contributed by atoms with Gasteiger partial charge >= 0.3 is 11.9 Å². The monoisotopic (exact) mass is 470 g/mol. The zero-order chi connectivity index (χ0) is 25.1. The molecule has 0 atom stereocenters. The van der Waals surface area contributed by atoms with Gasteiger partial charge in [0, 0.05) is 23.4 Å². The summed E-state index contributed by atoms with van der Waals surface area (Å²) in [7, 11) is 0. The maximum absolute atomic E-state index is 13.4. The number of nitrogens with zero attached hydrogens (tertiary/aromatic N) is 1. The largest absolute Gasteiger partial charge is 0.458 e. The van der Waals surface area contributed by atoms with Crippen LogP contribution < -0.4 is 5.73 Å². The predicted molar refractivity (Wildman–Crippen MR) is 136 cm³/mol. The van der Waals surface area contributed by atoms with Crippen LogP contribution in [0.3, 0.4) is 0 Å². The van der Waals surface area contributed by atoms with Crippen molar-refractivity contribution in [1.29, 1.82) is 0 Å². The summed E-state index contributed by atoms with van der Waals surface area (Å²) in [6.45, 7) is 8.32. The van der Waals surface area contributed by atoms with Crippen LogP contribution in [-0.4, -0.2) is 23.5 Å². The molecule has 1 aliphatic rings. The number of nitrogens with two attached hydrogens (primary N) is 1. The summed E-state index contributed by atoms with van der Waals surface area (Å²) in [5.74, 6) is -0.125. The number of fused-ring (bicyclic) bond motifs is 1. The van der Waals surface area contributed by atoms with Crippen molar-refractivity contribution in [1.82, 2.24) is 4.98 Å². The molecule has 35 heavy (non-hydrogen) atoms. The number of hydrogen-bond acceptors (Lipinski definition) is 6. The Balaban J connectivity index is 1.70. The van der Waals surface area contributed by atoms with Crippen LogP contribution >= 0.6 is 0 Å². The van der Waals surface area contributed by atoms with E-state index in [1.54, 1.807) is 24.3 Å². The van der Waals surface area contributed by atoms with Crippen LogP contribution in [0.4, 0.5) is 0 Å². The van der Waals surface area contributed by atoms with Gasteiger partial charge in [0.05, 0.1) is 16.8 Å². The van der Waals surface area contributed by atoms with Crippen LogP contribution in [0.5, 0.6) is 0 Å². The van der Waals surface area contributed by atoms with E-state index in [0.29, 0.717) is 34.1 Å². The molecule has 180 valence electrons. The SMILES string of the molecule is Cc1ccc(-c2c(CN)c(CC(C)C)nc(C)c2C(=O)OCC=C2OC(=O)c3ccccc32)cc1. The van der Waals surface area contributed by atoms with Gasteiger partial charge in [-0.1, -0.05) is 61.9 Å². The van der Waals surface area contributed by atoms with E-state index >= 15 is 0 Å². The topological polar surface area (TPSA) is 91.5 Å². The van der Waals surface area contributed by atoms with Crippen LogP contribution in [0.25, 0.3) is 16.9 Å². The fraction of sp³-hybridized carbons (Fsp3) is 0.276. The third kappa shape index (κ3) is 5.03. The van der Waals surface area contributed by atoms with E-state index in [9.17, 15) is 9.59 Å². The molecule has 0 spiro atoms. The average Bonchev–Trinajstić information content (AvgIpc) is 3.14. The van der Waals surface area contributed by atoms with E-state index in [1.165, 1.54) is 0 Å². The van der Waals surface area contributed by atoms with Crippen LogP contribution in [0.15, 0.2) is 54.6 Å². The molecule has 1 aliphatic heterocycles. The van der Waals surface area contributed by atoms with E-state index in [4.69, 9.17) is 20.2 Å². The van der Waals surface area contributed by atoms with E-state index < -0.39 is 11.9 Å². The van der Waals surface area contributed by atoms with Crippen LogP contribution in [0.1, 0.15) is 62.6 Å². The number of carbonyl (C=O) groups is 2. The smallest absolute Gasteiger partial charge is 0.344 e. The van der Waals surface area contributed by atoms with Crippen molar-refractivity contribution in [2.24, 2.45) is 11.7 Å². The van der Waals surface area contributed by atoms with Gasteiger partial charge in [-0.3, -0.25) is 4.98 Å². The number of pyridine rings is 1. The standard InChI is InChI=1S/C29H30N2O4/c1-17(2)15-24-23(16-30)27(20-11-9-18(3)10-12-20)26(19(4)31-24)29(33)34-14-13-25-21-7-5-6-8-22(21)28(32)35-25/h5-13,17H,14-16,30H2,1-4H3. The van der Waals surface area contributed by atoms with Gasteiger partial charge < -0.3 is 15.2 Å². The maximum Gasteiger partial charge on any atom is 0.344 e. The van der Waals surface area contributed by atoms with Crippen molar-refractivity contribution >= 4 is 17.7 Å². The van der Waals surface area contributed by atoms with E-state index in [2.05, 4.69) is 13.8 Å². The third-order valence-electron chi connectivity index (χ3n) is 6.01. The number of carbonyl (C=O) groups excluding carboxylic acids is 2. The number of aryl methyl sites for hydroxylation is 2. The highest BCUT2D eigenvalue weighted by molar-refractivity contribution is 6.03. The molecule has 0 unspecified atom stereocenters. The van der Waals surface area contributed by atoms with Gasteiger partial charge in [-0.25, -0.2) is 9.59 Å². The zero-order valence-corrected chi connectivity index (χ0v) is 20.6. The summed E-state index contributed by atoms with van der Waals surface area (Å²) < 4.78 is 11.0. The molecule has 0 bridgehead atoms.